The Hall–Kier alpha value is -0.0800. The number of unbranched alkanes of at least 4 members (excludes halogenated alkanes) is 1. The zero-order chi connectivity index (χ0) is 12.6. The molecule has 0 aliphatic carbocycles. The topological polar surface area (TPSA) is 35.2 Å². The lowest BCUT2D eigenvalue weighted by molar-refractivity contribution is 0.0627. The summed E-state index contributed by atoms with van der Waals surface area (Å²) in [7, 11) is 0. The van der Waals surface area contributed by atoms with Crippen molar-refractivity contribution in [2.45, 2.75) is 65.2 Å². The quantitative estimate of drug-likeness (QED) is 0.657. The predicted molar refractivity (Wildman–Crippen MR) is 74.1 cm³/mol. The molecule has 0 radical (unpaired) electrons. The van der Waals surface area contributed by atoms with Crippen LogP contribution in [0, 0.1) is 11.3 Å². The summed E-state index contributed by atoms with van der Waals surface area (Å²) in [5.74, 6) is 0.930. The van der Waals surface area contributed by atoms with Gasteiger partial charge in [0.2, 0.25) is 0 Å². The number of rotatable bonds is 8. The molecule has 1 saturated heterocycles. The summed E-state index contributed by atoms with van der Waals surface area (Å²) >= 11 is 0. The summed E-state index contributed by atoms with van der Waals surface area (Å²) in [6.45, 7) is 7.41. The van der Waals surface area contributed by atoms with Crippen LogP contribution in [0.4, 0.5) is 0 Å². The molecule has 1 heterocycles. The molecule has 17 heavy (non-hydrogen) atoms. The van der Waals surface area contributed by atoms with Crippen LogP contribution in [0.3, 0.4) is 0 Å². The highest BCUT2D eigenvalue weighted by Crippen LogP contribution is 2.32. The van der Waals surface area contributed by atoms with Crippen molar-refractivity contribution in [3.63, 3.8) is 0 Å². The van der Waals surface area contributed by atoms with Crippen molar-refractivity contribution in [3.05, 3.63) is 0 Å². The first kappa shape index (κ1) is 15.0. The first-order chi connectivity index (χ1) is 8.26. The molecule has 0 saturated carbocycles. The van der Waals surface area contributed by atoms with Gasteiger partial charge in [0.15, 0.2) is 0 Å². The summed E-state index contributed by atoms with van der Waals surface area (Å²) in [4.78, 5) is 0. The van der Waals surface area contributed by atoms with Gasteiger partial charge in [-0.25, -0.2) is 0 Å². The summed E-state index contributed by atoms with van der Waals surface area (Å²) in [5.41, 5.74) is 6.36. The van der Waals surface area contributed by atoms with Crippen LogP contribution in [-0.4, -0.2) is 19.8 Å². The van der Waals surface area contributed by atoms with E-state index in [9.17, 15) is 0 Å². The van der Waals surface area contributed by atoms with Gasteiger partial charge in [0, 0.05) is 13.2 Å². The van der Waals surface area contributed by atoms with Crippen molar-refractivity contribution >= 4 is 0 Å². The van der Waals surface area contributed by atoms with Crippen LogP contribution in [0.25, 0.3) is 0 Å². The molecule has 1 rings (SSSR count). The second kappa shape index (κ2) is 8.10. The van der Waals surface area contributed by atoms with E-state index < -0.39 is 0 Å². The van der Waals surface area contributed by atoms with E-state index in [-0.39, 0.29) is 0 Å². The fraction of sp³-hybridized carbons (Fsp3) is 1.00. The van der Waals surface area contributed by atoms with E-state index in [2.05, 4.69) is 13.8 Å². The van der Waals surface area contributed by atoms with Crippen LogP contribution in [-0.2, 0) is 4.74 Å². The number of hydrogen-bond donors (Lipinski definition) is 1. The van der Waals surface area contributed by atoms with Gasteiger partial charge in [-0.2, -0.15) is 0 Å². The Morgan fingerprint density at radius 3 is 2.29 bits per heavy atom. The Morgan fingerprint density at radius 2 is 1.76 bits per heavy atom. The summed E-state index contributed by atoms with van der Waals surface area (Å²) in [5, 5.41) is 0. The van der Waals surface area contributed by atoms with Gasteiger partial charge in [0.1, 0.15) is 0 Å². The molecule has 1 aliphatic rings. The van der Waals surface area contributed by atoms with E-state index in [1.807, 2.05) is 0 Å². The van der Waals surface area contributed by atoms with Crippen molar-refractivity contribution in [3.8, 4) is 0 Å². The van der Waals surface area contributed by atoms with E-state index in [4.69, 9.17) is 10.5 Å². The van der Waals surface area contributed by atoms with Crippen LogP contribution < -0.4 is 5.73 Å². The molecule has 0 amide bonds. The summed E-state index contributed by atoms with van der Waals surface area (Å²) in [6, 6.07) is 0. The van der Waals surface area contributed by atoms with Crippen LogP contribution >= 0.6 is 0 Å². The minimum Gasteiger partial charge on any atom is -0.381 e. The number of hydrogen-bond acceptors (Lipinski definition) is 2. The average Bonchev–Trinajstić information content (AvgIpc) is 2.41. The second-order valence-electron chi connectivity index (χ2n) is 5.71. The van der Waals surface area contributed by atoms with Gasteiger partial charge in [0.05, 0.1) is 0 Å². The van der Waals surface area contributed by atoms with Gasteiger partial charge in [-0.15, -0.1) is 0 Å². The molecule has 0 aromatic rings. The van der Waals surface area contributed by atoms with Crippen LogP contribution in [0.1, 0.15) is 65.2 Å². The highest BCUT2D eigenvalue weighted by Gasteiger charge is 2.23. The normalized spacial score (nSPS) is 18.5. The Morgan fingerprint density at radius 1 is 1.12 bits per heavy atom. The lowest BCUT2D eigenvalue weighted by atomic mass is 9.77. The molecule has 0 aromatic heterocycles. The minimum absolute atomic E-state index is 0.426. The largest absolute Gasteiger partial charge is 0.381 e. The Kier molecular flexibility index (Phi) is 7.14. The molecule has 2 N–H and O–H groups in total. The molecule has 102 valence electrons. The molecule has 0 aromatic carbocycles. The molecule has 2 nitrogen and oxygen atoms in total. The van der Waals surface area contributed by atoms with Crippen molar-refractivity contribution in [1.82, 2.24) is 0 Å². The summed E-state index contributed by atoms with van der Waals surface area (Å²) in [6.07, 6.45) is 10.5. The van der Waals surface area contributed by atoms with Crippen LogP contribution in [0.2, 0.25) is 0 Å². The molecule has 0 unspecified atom stereocenters. The lowest BCUT2D eigenvalue weighted by Gasteiger charge is -2.30. The third-order valence-electron chi connectivity index (χ3n) is 4.84. The van der Waals surface area contributed by atoms with Gasteiger partial charge in [0.25, 0.3) is 0 Å². The molecule has 0 bridgehead atoms. The van der Waals surface area contributed by atoms with Gasteiger partial charge in [-0.3, -0.25) is 0 Å². The van der Waals surface area contributed by atoms with E-state index in [0.717, 1.165) is 25.7 Å². The SMILES string of the molecule is CCC(CC)(CN)CCCCC1CCOCC1. The monoisotopic (exact) mass is 241 g/mol. The fourth-order valence-corrected chi connectivity index (χ4v) is 2.96. The van der Waals surface area contributed by atoms with E-state index >= 15 is 0 Å². The third kappa shape index (κ3) is 4.97. The van der Waals surface area contributed by atoms with Crippen molar-refractivity contribution in [1.29, 1.82) is 0 Å². The van der Waals surface area contributed by atoms with Gasteiger partial charge in [-0.1, -0.05) is 33.1 Å². The first-order valence-corrected chi connectivity index (χ1v) is 7.54. The maximum Gasteiger partial charge on any atom is 0.0468 e. The van der Waals surface area contributed by atoms with Gasteiger partial charge < -0.3 is 10.5 Å². The molecule has 0 spiro atoms. The molecule has 1 aliphatic heterocycles. The molecular weight excluding hydrogens is 210 g/mol. The zero-order valence-electron chi connectivity index (χ0n) is 11.8. The Balaban J connectivity index is 2.13. The van der Waals surface area contributed by atoms with Crippen LogP contribution in [0.5, 0.6) is 0 Å². The molecule has 2 heteroatoms. The van der Waals surface area contributed by atoms with E-state index in [1.54, 1.807) is 0 Å². The molecule has 0 atom stereocenters. The maximum absolute atomic E-state index is 5.94. The van der Waals surface area contributed by atoms with Crippen LogP contribution in [0.15, 0.2) is 0 Å². The highest BCUT2D eigenvalue weighted by molar-refractivity contribution is 4.77. The third-order valence-corrected chi connectivity index (χ3v) is 4.84. The standard InChI is InChI=1S/C15H31NO/c1-3-15(4-2,13-16)10-6-5-7-14-8-11-17-12-9-14/h14H,3-13,16H2,1-2H3. The van der Waals surface area contributed by atoms with E-state index in [1.165, 1.54) is 51.4 Å². The smallest absolute Gasteiger partial charge is 0.0468 e. The predicted octanol–water partition coefficient (Wildman–Crippen LogP) is 3.74. The second-order valence-corrected chi connectivity index (χ2v) is 5.71. The fourth-order valence-electron chi connectivity index (χ4n) is 2.96. The van der Waals surface area contributed by atoms with E-state index in [0.29, 0.717) is 5.41 Å². The van der Waals surface area contributed by atoms with Crippen molar-refractivity contribution < 1.29 is 4.74 Å². The first-order valence-electron chi connectivity index (χ1n) is 7.54. The number of nitrogens with two attached hydrogens (primary N) is 1. The molecule has 1 fully saturated rings. The maximum atomic E-state index is 5.94. The molecular formula is C15H31NO. The Labute approximate surface area is 107 Å². The van der Waals surface area contributed by atoms with Gasteiger partial charge in [-0.05, 0) is 50.0 Å². The van der Waals surface area contributed by atoms with Crippen molar-refractivity contribution in [2.24, 2.45) is 17.1 Å². The average molecular weight is 241 g/mol. The lowest BCUT2D eigenvalue weighted by Crippen LogP contribution is -2.29. The minimum atomic E-state index is 0.426. The zero-order valence-corrected chi connectivity index (χ0v) is 11.8. The Bertz CT molecular complexity index is 175. The summed E-state index contributed by atoms with van der Waals surface area (Å²) < 4.78 is 5.40. The highest BCUT2D eigenvalue weighted by atomic mass is 16.5. The van der Waals surface area contributed by atoms with Crippen molar-refractivity contribution in [2.75, 3.05) is 19.8 Å². The number of ether oxygens (including phenoxy) is 1. The van der Waals surface area contributed by atoms with Gasteiger partial charge >= 0.3 is 0 Å².